The van der Waals surface area contributed by atoms with Gasteiger partial charge >= 0.3 is 0 Å². The lowest BCUT2D eigenvalue weighted by atomic mass is 10.00. The number of aromatic hydroxyl groups is 1. The molecule has 2 fully saturated rings. The lowest BCUT2D eigenvalue weighted by Crippen LogP contribution is -2.58. The predicted octanol–water partition coefficient (Wildman–Crippen LogP) is 2.56. The first-order valence-corrected chi connectivity index (χ1v) is 15.6. The van der Waals surface area contributed by atoms with Crippen LogP contribution in [-0.4, -0.2) is 102 Å². The Morgan fingerprint density at radius 3 is 2.48 bits per heavy atom. The number of nitrogens with one attached hydrogen (secondary N) is 1. The van der Waals surface area contributed by atoms with Crippen molar-refractivity contribution in [1.82, 2.24) is 10.2 Å². The van der Waals surface area contributed by atoms with Crippen molar-refractivity contribution >= 4 is 11.0 Å². The molecule has 2 aliphatic heterocycles. The van der Waals surface area contributed by atoms with Crippen molar-refractivity contribution in [1.29, 1.82) is 0 Å². The number of nitrogens with zero attached hydrogens (tertiary/aromatic N) is 1. The molecule has 2 saturated heterocycles. The van der Waals surface area contributed by atoms with Crippen LogP contribution in [0.4, 0.5) is 0 Å². The van der Waals surface area contributed by atoms with Crippen LogP contribution in [0.5, 0.6) is 23.0 Å². The highest BCUT2D eigenvalue weighted by molar-refractivity contribution is 5.91. The van der Waals surface area contributed by atoms with Gasteiger partial charge < -0.3 is 54.0 Å². The average Bonchev–Trinajstić information content (AvgIpc) is 3.05. The standard InChI is InChI=1S/C34H44N2O10/c1-19(2)6-11-23-25(43-17-5-14-36-15-12-35-13-16-36)18-24(37)26-28(39)33(46-34-30(41)29(40)27(38)20(3)44-34)31(45-32(23)26)21-7-9-22(42-4)10-8-21/h6-10,18,20,27,29-30,34-35,37-38,40-41H,5,11-17H2,1-4H3/t20-,27-,29+,30+,34-/m1/s1. The maximum atomic E-state index is 14.2. The third kappa shape index (κ3) is 7.33. The average molecular weight is 641 g/mol. The van der Waals surface area contributed by atoms with Crippen LogP contribution in [0, 0.1) is 0 Å². The highest BCUT2D eigenvalue weighted by Gasteiger charge is 2.44. The molecule has 12 nitrogen and oxygen atoms in total. The molecule has 0 saturated carbocycles. The molecule has 5 N–H and O–H groups in total. The topological polar surface area (TPSA) is 163 Å². The van der Waals surface area contributed by atoms with Gasteiger partial charge in [-0.15, -0.1) is 0 Å². The maximum Gasteiger partial charge on any atom is 0.239 e. The van der Waals surface area contributed by atoms with Crippen molar-refractivity contribution in [2.45, 2.75) is 64.3 Å². The second-order valence-electron chi connectivity index (χ2n) is 12.0. The van der Waals surface area contributed by atoms with E-state index in [2.05, 4.69) is 10.2 Å². The van der Waals surface area contributed by atoms with Crippen LogP contribution >= 0.6 is 0 Å². The molecule has 0 aliphatic carbocycles. The number of piperazine rings is 1. The van der Waals surface area contributed by atoms with E-state index in [1.165, 1.54) is 20.1 Å². The Kier molecular flexibility index (Phi) is 10.9. The van der Waals surface area contributed by atoms with Crippen molar-refractivity contribution in [3.05, 3.63) is 57.8 Å². The number of methoxy groups -OCH3 is 1. The molecule has 2 aliphatic rings. The van der Waals surface area contributed by atoms with Gasteiger partial charge in [0.1, 0.15) is 46.5 Å². The summed E-state index contributed by atoms with van der Waals surface area (Å²) >= 11 is 0. The third-order valence-electron chi connectivity index (χ3n) is 8.36. The van der Waals surface area contributed by atoms with Crippen LogP contribution in [-0.2, 0) is 11.2 Å². The third-order valence-corrected chi connectivity index (χ3v) is 8.36. The van der Waals surface area contributed by atoms with Crippen LogP contribution in [0.15, 0.2) is 51.2 Å². The molecule has 0 spiro atoms. The summed E-state index contributed by atoms with van der Waals surface area (Å²) in [4.78, 5) is 16.6. The van der Waals surface area contributed by atoms with Crippen LogP contribution < -0.4 is 25.0 Å². The molecule has 1 aromatic heterocycles. The quantitative estimate of drug-likeness (QED) is 0.154. The first kappa shape index (κ1) is 33.7. The second-order valence-corrected chi connectivity index (χ2v) is 12.0. The fraction of sp³-hybridized carbons (Fsp3) is 0.500. The van der Waals surface area contributed by atoms with Crippen molar-refractivity contribution in [3.63, 3.8) is 0 Å². The summed E-state index contributed by atoms with van der Waals surface area (Å²) in [5.41, 5.74) is 1.49. The molecule has 3 heterocycles. The Bertz CT molecular complexity index is 1580. The van der Waals surface area contributed by atoms with Gasteiger partial charge in [-0.25, -0.2) is 0 Å². The maximum absolute atomic E-state index is 14.2. The van der Waals surface area contributed by atoms with Gasteiger partial charge in [0, 0.05) is 49.9 Å². The lowest BCUT2D eigenvalue weighted by molar-refractivity contribution is -0.268. The van der Waals surface area contributed by atoms with E-state index < -0.39 is 36.1 Å². The molecule has 250 valence electrons. The first-order valence-electron chi connectivity index (χ1n) is 15.6. The van der Waals surface area contributed by atoms with Crippen LogP contribution in [0.25, 0.3) is 22.3 Å². The minimum atomic E-state index is -1.68. The zero-order valence-electron chi connectivity index (χ0n) is 26.7. The zero-order chi connectivity index (χ0) is 33.0. The molecule has 2 aromatic carbocycles. The number of aliphatic hydroxyl groups is 3. The summed E-state index contributed by atoms with van der Waals surface area (Å²) in [7, 11) is 1.53. The Morgan fingerprint density at radius 2 is 1.80 bits per heavy atom. The Labute approximate surface area is 267 Å². The zero-order valence-corrected chi connectivity index (χ0v) is 26.7. The molecular formula is C34H44N2O10. The SMILES string of the molecule is COc1ccc(-c2oc3c(CC=C(C)C)c(OCCCN4CCNCC4)cc(O)c3c(=O)c2O[C@H]2O[C@H](C)[C@@H](O)[C@H](O)[C@@H]2O)cc1. The van der Waals surface area contributed by atoms with Crippen molar-refractivity contribution in [2.24, 2.45) is 0 Å². The number of phenols is 1. The molecular weight excluding hydrogens is 596 g/mol. The van der Waals surface area contributed by atoms with Gasteiger partial charge in [0.15, 0.2) is 5.76 Å². The molecule has 3 aromatic rings. The number of phenolic OH excluding ortho intramolecular Hbond substituents is 1. The summed E-state index contributed by atoms with van der Waals surface area (Å²) in [6.07, 6.45) is -3.92. The largest absolute Gasteiger partial charge is 0.507 e. The highest BCUT2D eigenvalue weighted by atomic mass is 16.7. The van der Waals surface area contributed by atoms with Gasteiger partial charge in [-0.3, -0.25) is 4.79 Å². The smallest absolute Gasteiger partial charge is 0.239 e. The minimum Gasteiger partial charge on any atom is -0.507 e. The molecule has 5 rings (SSSR count). The number of allylic oxidation sites excluding steroid dienone is 2. The number of rotatable bonds is 11. The number of ether oxygens (including phenoxy) is 4. The van der Waals surface area contributed by atoms with E-state index in [1.54, 1.807) is 24.3 Å². The van der Waals surface area contributed by atoms with Crippen molar-refractivity contribution < 1.29 is 43.8 Å². The predicted molar refractivity (Wildman–Crippen MR) is 172 cm³/mol. The summed E-state index contributed by atoms with van der Waals surface area (Å²) in [6, 6.07) is 8.17. The van der Waals surface area contributed by atoms with E-state index in [0.29, 0.717) is 35.7 Å². The molecule has 0 amide bonds. The van der Waals surface area contributed by atoms with E-state index in [0.717, 1.165) is 44.7 Å². The Balaban J connectivity index is 1.60. The number of fused-ring (bicyclic) bond motifs is 1. The van der Waals surface area contributed by atoms with Gasteiger partial charge in [-0.1, -0.05) is 11.6 Å². The van der Waals surface area contributed by atoms with Crippen LogP contribution in [0.1, 0.15) is 32.8 Å². The lowest BCUT2D eigenvalue weighted by Gasteiger charge is -2.38. The highest BCUT2D eigenvalue weighted by Crippen LogP contribution is 2.41. The molecule has 0 radical (unpaired) electrons. The number of hydrogen-bond acceptors (Lipinski definition) is 12. The van der Waals surface area contributed by atoms with Crippen molar-refractivity contribution in [2.75, 3.05) is 46.4 Å². The normalized spacial score (nSPS) is 23.7. The summed E-state index contributed by atoms with van der Waals surface area (Å²) in [5, 5.41) is 45.7. The molecule has 0 bridgehead atoms. The molecule has 12 heteroatoms. The van der Waals surface area contributed by atoms with E-state index in [9.17, 15) is 25.2 Å². The summed E-state index contributed by atoms with van der Waals surface area (Å²) in [5.74, 6) is 0.285. The minimum absolute atomic E-state index is 0.0120. The van der Waals surface area contributed by atoms with E-state index in [-0.39, 0.29) is 28.2 Å². The summed E-state index contributed by atoms with van der Waals surface area (Å²) in [6.45, 7) is 10.6. The van der Waals surface area contributed by atoms with Gasteiger partial charge in [-0.2, -0.15) is 0 Å². The van der Waals surface area contributed by atoms with Crippen molar-refractivity contribution in [3.8, 4) is 34.3 Å². The molecule has 46 heavy (non-hydrogen) atoms. The Morgan fingerprint density at radius 1 is 1.09 bits per heavy atom. The van der Waals surface area contributed by atoms with Crippen LogP contribution in [0.2, 0.25) is 0 Å². The number of benzene rings is 2. The van der Waals surface area contributed by atoms with E-state index in [1.807, 2.05) is 19.9 Å². The monoisotopic (exact) mass is 640 g/mol. The fourth-order valence-electron chi connectivity index (χ4n) is 5.66. The molecule has 5 atom stereocenters. The second kappa shape index (κ2) is 14.8. The fourth-order valence-corrected chi connectivity index (χ4v) is 5.66. The van der Waals surface area contributed by atoms with Gasteiger partial charge in [-0.05, 0) is 57.9 Å². The van der Waals surface area contributed by atoms with Crippen LogP contribution in [0.3, 0.4) is 0 Å². The molecule has 0 unspecified atom stereocenters. The Hall–Kier alpha value is -3.65. The first-order chi connectivity index (χ1) is 22.1. The van der Waals surface area contributed by atoms with E-state index in [4.69, 9.17) is 23.4 Å². The van der Waals surface area contributed by atoms with Gasteiger partial charge in [0.2, 0.25) is 17.5 Å². The number of aliphatic hydroxyl groups excluding tert-OH is 3. The van der Waals surface area contributed by atoms with Gasteiger partial charge in [0.05, 0.1) is 19.8 Å². The van der Waals surface area contributed by atoms with E-state index >= 15 is 0 Å². The van der Waals surface area contributed by atoms with Gasteiger partial charge in [0.25, 0.3) is 0 Å². The number of hydrogen-bond donors (Lipinski definition) is 5. The summed E-state index contributed by atoms with van der Waals surface area (Å²) < 4.78 is 29.6.